The lowest BCUT2D eigenvalue weighted by atomic mass is 10.0. The molecule has 2 atom stereocenters. The van der Waals surface area contributed by atoms with Crippen LogP contribution in [-0.4, -0.2) is 51.3 Å². The fraction of sp³-hybridized carbons (Fsp3) is 0.308. The van der Waals surface area contributed by atoms with E-state index in [0.717, 1.165) is 28.5 Å². The van der Waals surface area contributed by atoms with E-state index in [1.54, 1.807) is 17.0 Å². The molecule has 0 fully saturated rings. The Labute approximate surface area is 225 Å². The number of rotatable bonds is 10. The number of carbonyl (C=O) groups is 1. The average Bonchev–Trinajstić information content (AvgIpc) is 3.46. The molecule has 4 rings (SSSR count). The number of carbonyl (C=O) groups excluding carboxylic acids is 1. The SMILES string of the molecule is C[C@@H](Oc1cc(-n2cnc3ccc(C[S+]([O-])CCN(C)C)cc32)sc1C(N)=O)c1ccccc1C(F)(F)F. The van der Waals surface area contributed by atoms with Crippen LogP contribution in [0.3, 0.4) is 0 Å². The predicted octanol–water partition coefficient (Wildman–Crippen LogP) is 5.16. The van der Waals surface area contributed by atoms with E-state index >= 15 is 0 Å². The van der Waals surface area contributed by atoms with Gasteiger partial charge < -0.3 is 19.9 Å². The van der Waals surface area contributed by atoms with Crippen LogP contribution in [0.15, 0.2) is 54.9 Å². The van der Waals surface area contributed by atoms with Gasteiger partial charge in [-0.05, 0) is 50.4 Å². The number of halogens is 3. The summed E-state index contributed by atoms with van der Waals surface area (Å²) in [4.78, 5) is 18.7. The topological polar surface area (TPSA) is 96.4 Å². The largest absolute Gasteiger partial charge is 0.616 e. The highest BCUT2D eigenvalue weighted by Gasteiger charge is 2.35. The Balaban J connectivity index is 1.64. The highest BCUT2D eigenvalue weighted by molar-refractivity contribution is 7.90. The van der Waals surface area contributed by atoms with Gasteiger partial charge >= 0.3 is 6.18 Å². The molecular weight excluding hydrogens is 537 g/mol. The number of aromatic nitrogens is 2. The van der Waals surface area contributed by atoms with Crippen molar-refractivity contribution in [1.29, 1.82) is 0 Å². The van der Waals surface area contributed by atoms with E-state index in [2.05, 4.69) is 4.98 Å². The molecule has 0 saturated heterocycles. The highest BCUT2D eigenvalue weighted by atomic mass is 32.2. The lowest BCUT2D eigenvalue weighted by Gasteiger charge is -2.19. The monoisotopic (exact) mass is 564 g/mol. The standard InChI is InChI=1S/C26H27F3N4O3S2/c1-16(18-6-4-5-7-19(18)26(27,28)29)36-22-13-23(37-24(22)25(30)34)33-15-31-20-9-8-17(12-21(20)33)14-38(35)11-10-32(2)3/h4-9,12-13,15-16H,10-11,14H2,1-3H3,(H2,30,34)/t16-,38?/m1/s1. The van der Waals surface area contributed by atoms with Crippen LogP contribution in [-0.2, 0) is 23.1 Å². The van der Waals surface area contributed by atoms with Crippen LogP contribution >= 0.6 is 11.3 Å². The number of fused-ring (bicyclic) bond motifs is 1. The molecule has 4 aromatic rings. The average molecular weight is 565 g/mol. The van der Waals surface area contributed by atoms with E-state index in [-0.39, 0.29) is 16.2 Å². The van der Waals surface area contributed by atoms with Gasteiger partial charge in [-0.25, -0.2) is 4.98 Å². The second-order valence-corrected chi connectivity index (χ2v) is 11.6. The van der Waals surface area contributed by atoms with E-state index in [1.165, 1.54) is 25.1 Å². The summed E-state index contributed by atoms with van der Waals surface area (Å²) < 4.78 is 60.7. The van der Waals surface area contributed by atoms with Crippen molar-refractivity contribution in [2.75, 3.05) is 26.4 Å². The zero-order chi connectivity index (χ0) is 27.6. The van der Waals surface area contributed by atoms with Gasteiger partial charge in [-0.15, -0.1) is 11.3 Å². The summed E-state index contributed by atoms with van der Waals surface area (Å²) >= 11 is 0.0112. The molecule has 2 heterocycles. The summed E-state index contributed by atoms with van der Waals surface area (Å²) in [5.74, 6) is 0.267. The number of ether oxygens (including phenoxy) is 1. The van der Waals surface area contributed by atoms with Crippen LogP contribution in [0.25, 0.3) is 16.0 Å². The summed E-state index contributed by atoms with van der Waals surface area (Å²) in [7, 11) is 3.86. The van der Waals surface area contributed by atoms with Gasteiger partial charge in [-0.2, -0.15) is 13.2 Å². The minimum atomic E-state index is -4.55. The minimum absolute atomic E-state index is 0.0526. The predicted molar refractivity (Wildman–Crippen MR) is 143 cm³/mol. The Hall–Kier alpha value is -3.06. The van der Waals surface area contributed by atoms with Crippen LogP contribution in [0.5, 0.6) is 5.75 Å². The summed E-state index contributed by atoms with van der Waals surface area (Å²) in [6, 6.07) is 12.3. The number of amides is 1. The second-order valence-electron chi connectivity index (χ2n) is 9.02. The first-order valence-corrected chi connectivity index (χ1v) is 14.0. The molecule has 0 aliphatic rings. The van der Waals surface area contributed by atoms with Gasteiger partial charge in [-0.3, -0.25) is 9.36 Å². The van der Waals surface area contributed by atoms with E-state index in [1.807, 2.05) is 37.2 Å². The van der Waals surface area contributed by atoms with E-state index in [0.29, 0.717) is 28.6 Å². The molecule has 0 bridgehead atoms. The molecule has 1 amide bonds. The van der Waals surface area contributed by atoms with E-state index in [4.69, 9.17) is 10.5 Å². The molecule has 12 heteroatoms. The number of hydrogen-bond acceptors (Lipinski definition) is 6. The molecule has 0 saturated carbocycles. The number of nitrogens with zero attached hydrogens (tertiary/aromatic N) is 3. The molecule has 2 aromatic carbocycles. The highest BCUT2D eigenvalue weighted by Crippen LogP contribution is 2.39. The Bertz CT molecular complexity index is 1430. The summed E-state index contributed by atoms with van der Waals surface area (Å²) in [6.45, 7) is 2.20. The molecule has 0 aliphatic carbocycles. The fourth-order valence-corrected chi connectivity index (χ4v) is 6.16. The van der Waals surface area contributed by atoms with Crippen molar-refractivity contribution < 1.29 is 27.3 Å². The van der Waals surface area contributed by atoms with Crippen molar-refractivity contribution in [3.05, 3.63) is 76.4 Å². The van der Waals surface area contributed by atoms with Crippen LogP contribution in [0.2, 0.25) is 0 Å². The van der Waals surface area contributed by atoms with Crippen molar-refractivity contribution >= 4 is 39.5 Å². The molecule has 7 nitrogen and oxygen atoms in total. The number of primary amides is 1. The smallest absolute Gasteiger partial charge is 0.416 e. The van der Waals surface area contributed by atoms with Gasteiger partial charge in [0.05, 0.1) is 16.6 Å². The van der Waals surface area contributed by atoms with E-state index in [9.17, 15) is 22.5 Å². The van der Waals surface area contributed by atoms with Crippen molar-refractivity contribution in [1.82, 2.24) is 14.5 Å². The lowest BCUT2D eigenvalue weighted by molar-refractivity contribution is -0.139. The Morgan fingerprint density at radius 1 is 1.24 bits per heavy atom. The molecule has 2 aromatic heterocycles. The van der Waals surface area contributed by atoms with Crippen molar-refractivity contribution in [3.63, 3.8) is 0 Å². The normalized spacial score (nSPS) is 13.7. The maximum absolute atomic E-state index is 13.5. The molecule has 2 N–H and O–H groups in total. The Kier molecular flexibility index (Phi) is 8.36. The third kappa shape index (κ3) is 6.32. The summed E-state index contributed by atoms with van der Waals surface area (Å²) in [5.41, 5.74) is 7.02. The van der Waals surface area contributed by atoms with Crippen LogP contribution in [0, 0.1) is 0 Å². The fourth-order valence-electron chi connectivity index (χ4n) is 3.96. The number of alkyl halides is 3. The molecular formula is C26H27F3N4O3S2. The van der Waals surface area contributed by atoms with Gasteiger partial charge in [0.1, 0.15) is 39.6 Å². The zero-order valence-corrected chi connectivity index (χ0v) is 22.6. The van der Waals surface area contributed by atoms with E-state index < -0.39 is 34.9 Å². The molecule has 0 radical (unpaired) electrons. The molecule has 1 unspecified atom stereocenters. The van der Waals surface area contributed by atoms with Crippen molar-refractivity contribution in [2.45, 2.75) is 25.0 Å². The number of benzene rings is 2. The third-order valence-electron chi connectivity index (χ3n) is 5.86. The quantitative estimate of drug-likeness (QED) is 0.269. The molecule has 0 aliphatic heterocycles. The summed E-state index contributed by atoms with van der Waals surface area (Å²) in [5, 5.41) is 0.554. The maximum atomic E-state index is 13.5. The number of thiophene rings is 1. The Morgan fingerprint density at radius 2 is 1.97 bits per heavy atom. The number of nitrogens with two attached hydrogens (primary N) is 1. The first-order chi connectivity index (χ1) is 17.9. The lowest BCUT2D eigenvalue weighted by Crippen LogP contribution is -2.22. The third-order valence-corrected chi connectivity index (χ3v) is 8.28. The molecule has 38 heavy (non-hydrogen) atoms. The van der Waals surface area contributed by atoms with Gasteiger partial charge in [0.25, 0.3) is 5.91 Å². The van der Waals surface area contributed by atoms with Crippen LogP contribution in [0.4, 0.5) is 13.2 Å². The van der Waals surface area contributed by atoms with Crippen molar-refractivity contribution in [3.8, 4) is 10.8 Å². The molecule has 0 spiro atoms. The molecule has 202 valence electrons. The minimum Gasteiger partial charge on any atom is -0.616 e. The van der Waals surface area contributed by atoms with Crippen LogP contribution < -0.4 is 10.5 Å². The van der Waals surface area contributed by atoms with Crippen molar-refractivity contribution in [2.24, 2.45) is 5.73 Å². The van der Waals surface area contributed by atoms with Crippen LogP contribution in [0.1, 0.15) is 39.4 Å². The van der Waals surface area contributed by atoms with Gasteiger partial charge in [0.2, 0.25) is 0 Å². The first kappa shape index (κ1) is 28.0. The maximum Gasteiger partial charge on any atom is 0.416 e. The number of hydrogen-bond donors (Lipinski definition) is 1. The zero-order valence-electron chi connectivity index (χ0n) is 21.0. The van der Waals surface area contributed by atoms with Gasteiger partial charge in [-0.1, -0.05) is 24.3 Å². The van der Waals surface area contributed by atoms with Gasteiger partial charge in [0.15, 0.2) is 0 Å². The van der Waals surface area contributed by atoms with Gasteiger partial charge in [0, 0.05) is 23.7 Å². The summed E-state index contributed by atoms with van der Waals surface area (Å²) in [6.07, 6.45) is -3.97. The number of imidazole rings is 1. The second kappa shape index (κ2) is 11.4. The first-order valence-electron chi connectivity index (χ1n) is 11.7. The Morgan fingerprint density at radius 3 is 2.66 bits per heavy atom.